The van der Waals surface area contributed by atoms with Crippen molar-refractivity contribution in [2.75, 3.05) is 66.4 Å². The molecule has 36 heteroatoms. The maximum Gasteiger partial charge on any atom is 0.508 e. The highest BCUT2D eigenvalue weighted by Crippen LogP contribution is 2.24. The molecule has 0 bridgehead atoms. The number of nitrogens with two attached hydrogens (primary N) is 1. The number of nitrogens with zero attached hydrogens (tertiary/aromatic N) is 4. The lowest BCUT2D eigenvalue weighted by Crippen LogP contribution is -2.64. The molecule has 0 radical (unpaired) electrons. The zero-order valence-corrected chi connectivity index (χ0v) is 65.1. The number of primary amides is 1. The monoisotopic (exact) mass is 1550 g/mol. The molecule has 1 saturated heterocycles. The Kier molecular flexibility index (Phi) is 36.6. The second-order valence-electron chi connectivity index (χ2n) is 27.6. The number of urea groups is 1. The summed E-state index contributed by atoms with van der Waals surface area (Å²) < 4.78 is 40.1. The van der Waals surface area contributed by atoms with E-state index >= 15 is 4.79 Å². The molecule has 13 amide bonds. The molecule has 0 saturated carbocycles. The normalized spacial score (nSPS) is 21.1. The van der Waals surface area contributed by atoms with Gasteiger partial charge in [-0.3, -0.25) is 57.6 Å². The van der Waals surface area contributed by atoms with Crippen LogP contribution in [0.15, 0.2) is 79.0 Å². The summed E-state index contributed by atoms with van der Waals surface area (Å²) in [6, 6.07) is 1.83. The minimum absolute atomic E-state index is 0.0123. The second kappa shape index (κ2) is 43.9. The average molecular weight is 1550 g/mol. The molecule has 2 aliphatic rings. The third kappa shape index (κ3) is 28.0. The fourth-order valence-electron chi connectivity index (χ4n) is 11.4. The fourth-order valence-corrected chi connectivity index (χ4v) is 11.4. The summed E-state index contributed by atoms with van der Waals surface area (Å²) in [6.45, 7) is 20.8. The lowest BCUT2D eigenvalue weighted by atomic mass is 9.95. The first-order valence-corrected chi connectivity index (χ1v) is 35.9. The molecule has 0 aromatic heterocycles. The molecule has 2 aromatic carbocycles. The van der Waals surface area contributed by atoms with E-state index in [2.05, 4.69) is 49.1 Å². The highest BCUT2D eigenvalue weighted by atomic mass is 16.7. The summed E-state index contributed by atoms with van der Waals surface area (Å²) in [5.41, 5.74) is 5.93. The topological polar surface area (TPSA) is 473 Å². The Bertz CT molecular complexity index is 3630. The quantitative estimate of drug-likeness (QED) is 0.0159. The maximum atomic E-state index is 15.5. The molecule has 0 spiro atoms. The van der Waals surface area contributed by atoms with Crippen LogP contribution in [0.25, 0.3) is 0 Å². The summed E-state index contributed by atoms with van der Waals surface area (Å²) in [6.07, 6.45) is -6.79. The molecule has 13 atom stereocenters. The van der Waals surface area contributed by atoms with E-state index in [1.807, 2.05) is 13.8 Å². The van der Waals surface area contributed by atoms with Crippen LogP contribution in [0.4, 0.5) is 15.3 Å². The lowest BCUT2D eigenvalue weighted by molar-refractivity contribution is -0.174. The first-order valence-electron chi connectivity index (χ1n) is 35.9. The van der Waals surface area contributed by atoms with Crippen molar-refractivity contribution >= 4 is 101 Å². The van der Waals surface area contributed by atoms with Gasteiger partial charge in [0.1, 0.15) is 48.7 Å². The highest BCUT2D eigenvalue weighted by Gasteiger charge is 2.47. The Morgan fingerprint density at radius 1 is 0.709 bits per heavy atom. The first-order chi connectivity index (χ1) is 51.7. The number of nitrogens with one attached hydrogen (secondary N) is 8. The fraction of sp³-hybridized carbons (Fsp3) is 0.568. The van der Waals surface area contributed by atoms with Gasteiger partial charge in [0.15, 0.2) is 24.2 Å². The Balaban J connectivity index is 1.62. The predicted octanol–water partition coefficient (Wildman–Crippen LogP) is 0.529. The number of esters is 3. The Morgan fingerprint density at radius 2 is 1.35 bits per heavy atom. The maximum absolute atomic E-state index is 15.5. The van der Waals surface area contributed by atoms with Crippen LogP contribution in [0.2, 0.25) is 0 Å². The largest absolute Gasteiger partial charge is 0.508 e. The number of imide groups is 1. The number of carbonyl (C=O) groups is 16. The van der Waals surface area contributed by atoms with Gasteiger partial charge in [-0.25, -0.2) is 24.0 Å². The second-order valence-corrected chi connectivity index (χ2v) is 27.6. The average Bonchev–Trinajstić information content (AvgIpc) is 0.956. The van der Waals surface area contributed by atoms with Crippen LogP contribution in [-0.4, -0.2) is 255 Å². The molecule has 606 valence electrons. The molecule has 1 fully saturated rings. The Morgan fingerprint density at radius 3 is 1.92 bits per heavy atom. The number of methoxy groups -OCH3 is 1. The van der Waals surface area contributed by atoms with Gasteiger partial charge in [-0.1, -0.05) is 90.6 Å². The number of carbonyl (C=O) groups excluding carboxylic acids is 16. The molecule has 10 N–H and O–H groups in total. The smallest absolute Gasteiger partial charge is 0.458 e. The Labute approximate surface area is 639 Å². The minimum atomic E-state index is -2.02. The van der Waals surface area contributed by atoms with Gasteiger partial charge in [-0.05, 0) is 81.5 Å². The van der Waals surface area contributed by atoms with Crippen LogP contribution in [0.3, 0.4) is 0 Å². The molecule has 2 aliphatic heterocycles. The van der Waals surface area contributed by atoms with Gasteiger partial charge >= 0.3 is 30.1 Å². The van der Waals surface area contributed by atoms with Crippen molar-refractivity contribution in [3.8, 4) is 0 Å². The number of amides is 13. The summed E-state index contributed by atoms with van der Waals surface area (Å²) in [4.78, 5) is 221. The number of anilines is 1. The van der Waals surface area contributed by atoms with Crippen molar-refractivity contribution in [1.82, 2.24) is 56.8 Å². The first kappa shape index (κ1) is 91.5. The molecule has 0 unspecified atom stereocenters. The molecule has 2 aromatic rings. The molecule has 2 heterocycles. The van der Waals surface area contributed by atoms with E-state index in [0.29, 0.717) is 23.2 Å². The van der Waals surface area contributed by atoms with Gasteiger partial charge in [-0.2, -0.15) is 0 Å². The van der Waals surface area contributed by atoms with Crippen LogP contribution in [0.5, 0.6) is 0 Å². The summed E-state index contributed by atoms with van der Waals surface area (Å²) in [5, 5.41) is 21.3. The Hall–Kier alpha value is -10.9. The van der Waals surface area contributed by atoms with Gasteiger partial charge in [0.25, 0.3) is 23.6 Å². The number of cyclic esters (lactones) is 2. The summed E-state index contributed by atoms with van der Waals surface area (Å²) >= 11 is 0. The molecular formula is C74H107N13O23. The van der Waals surface area contributed by atoms with Gasteiger partial charge in [0.2, 0.25) is 41.4 Å². The zero-order chi connectivity index (χ0) is 82.5. The van der Waals surface area contributed by atoms with Gasteiger partial charge < -0.3 is 96.1 Å². The lowest BCUT2D eigenvalue weighted by Gasteiger charge is -2.38. The van der Waals surface area contributed by atoms with Gasteiger partial charge in [-0.15, -0.1) is 0 Å². The predicted molar refractivity (Wildman–Crippen MR) is 394 cm³/mol. The van der Waals surface area contributed by atoms with Crippen LogP contribution < -0.4 is 48.3 Å². The molecular weight excluding hydrogens is 1440 g/mol. The third-order valence-corrected chi connectivity index (χ3v) is 18.1. The van der Waals surface area contributed by atoms with E-state index in [0.717, 1.165) is 52.6 Å². The van der Waals surface area contributed by atoms with E-state index in [-0.39, 0.29) is 63.9 Å². The minimum Gasteiger partial charge on any atom is -0.458 e. The number of likely N-dealkylation sites (N-methyl/N-ethyl adjacent to an activating group) is 3. The summed E-state index contributed by atoms with van der Waals surface area (Å²) in [5.74, 6) is -14.2. The van der Waals surface area contributed by atoms with Crippen LogP contribution in [-0.2, 0) is 113 Å². The molecule has 0 aliphatic carbocycles. The van der Waals surface area contributed by atoms with E-state index in [1.54, 1.807) is 30.3 Å². The standard InChI is InChI=1S/C74H107N13O23/c1-39(2)53(82-55(90)31-34-105-35-33-87-56(91)29-30-57(87)92)37-77-52(24-21-32-76-73(75)102)66(95)81-51-27-25-50(26-28-51)38-106-74(103)110-63(41(5)6)60(80-48(13)89)71(100)109-62(40(3)4)59-69(98)86(16)61(46(11)104-17)72(101)107-45(10)58(79-47(12)88)70(99)108-54(36-49-22-19-18-20-23-49)68(97)85(15)43(8)64(93)78-42(7)67(96)84(14)44(9)65(94)83-59/h18-20,22-23,25-30,39-42,44-46,52-54,58-63,77H,8,21,24,31-38H2,1-7,9-17H3,(H,78,93)(H,79,88)(H,80,89)(H,81,95)(H,82,90)(H,83,94)(H3,75,76,102)/t42-,44-,45+,46+,52-,53+,54+,58-,59-,60-,61-,62+,63+/m0/s1. The van der Waals surface area contributed by atoms with Crippen molar-refractivity contribution < 1.29 is 110 Å². The zero-order valence-electron chi connectivity index (χ0n) is 65.1. The molecule has 4 rings (SSSR count). The third-order valence-electron chi connectivity index (χ3n) is 18.1. The molecule has 36 nitrogen and oxygen atoms in total. The SMILES string of the molecule is C=C1C(=O)N[C@@H](C)C(=O)N(C)[C@@H](C)C(=O)N[C@@H]([C@H](OC(=O)[C@@H](NC(C)=O)[C@H](OC(=O)OCc2ccc(NC(=O)[C@H](CCCNC(N)=O)NC[C@@H](NC(=O)CCOCCN3C(=O)C=CC3=O)C(C)C)cc2)C(C)C)C(C)C)C(=O)N(C)[C@@H]([C@@H](C)OC)C(=O)O[C@H](C)[C@H](NC(C)=O)C(=O)O[C@H](Cc2ccccc2)C(=O)N1C. The van der Waals surface area contributed by atoms with Crippen molar-refractivity contribution in [1.29, 1.82) is 0 Å². The number of hydrogen-bond donors (Lipinski definition) is 9. The van der Waals surface area contributed by atoms with Gasteiger partial charge in [0.05, 0.1) is 31.9 Å². The van der Waals surface area contributed by atoms with E-state index in [1.165, 1.54) is 101 Å². The van der Waals surface area contributed by atoms with E-state index in [9.17, 15) is 71.9 Å². The van der Waals surface area contributed by atoms with Gasteiger partial charge in [0, 0.05) is 91.9 Å². The van der Waals surface area contributed by atoms with Crippen molar-refractivity contribution in [3.63, 3.8) is 0 Å². The van der Waals surface area contributed by atoms with Crippen LogP contribution in [0.1, 0.15) is 113 Å². The van der Waals surface area contributed by atoms with Crippen molar-refractivity contribution in [2.45, 2.75) is 194 Å². The van der Waals surface area contributed by atoms with Crippen molar-refractivity contribution in [2.24, 2.45) is 23.5 Å². The molecule has 110 heavy (non-hydrogen) atoms. The van der Waals surface area contributed by atoms with Crippen molar-refractivity contribution in [3.05, 3.63) is 90.2 Å². The van der Waals surface area contributed by atoms with E-state index in [4.69, 9.17) is 38.9 Å². The number of rotatable bonds is 32. The van der Waals surface area contributed by atoms with Crippen LogP contribution >= 0.6 is 0 Å². The van der Waals surface area contributed by atoms with Crippen LogP contribution in [0, 0.1) is 17.8 Å². The number of benzene rings is 2. The highest BCUT2D eigenvalue weighted by molar-refractivity contribution is 6.13. The summed E-state index contributed by atoms with van der Waals surface area (Å²) in [7, 11) is 4.69. The number of ether oxygens (including phenoxy) is 7. The van der Waals surface area contributed by atoms with E-state index < -0.39 is 192 Å². The number of hydrogen-bond acceptors (Lipinski definition) is 24.